The number of benzene rings is 2. The van der Waals surface area contributed by atoms with E-state index in [0.29, 0.717) is 5.69 Å². The van der Waals surface area contributed by atoms with Crippen LogP contribution < -0.4 is 10.6 Å². The zero-order chi connectivity index (χ0) is 20.6. The van der Waals surface area contributed by atoms with Gasteiger partial charge in [0.25, 0.3) is 0 Å². The van der Waals surface area contributed by atoms with Crippen LogP contribution in [0, 0.1) is 11.2 Å². The Hall–Kier alpha value is -2.89. The lowest BCUT2D eigenvalue weighted by Crippen LogP contribution is -2.31. The van der Waals surface area contributed by atoms with Gasteiger partial charge in [0.1, 0.15) is 5.82 Å². The molecule has 1 unspecified atom stereocenters. The third-order valence-corrected chi connectivity index (χ3v) is 5.63. The molecule has 2 aromatic carbocycles. The molecule has 0 spiro atoms. The molecular formula is C23H27FN4O. The van der Waals surface area contributed by atoms with Crippen LogP contribution in [0.3, 0.4) is 0 Å². The van der Waals surface area contributed by atoms with Gasteiger partial charge in [-0.25, -0.2) is 9.18 Å². The molecule has 5 nitrogen and oxygen atoms in total. The Morgan fingerprint density at radius 2 is 2.10 bits per heavy atom. The maximum absolute atomic E-state index is 14.5. The summed E-state index contributed by atoms with van der Waals surface area (Å²) in [6, 6.07) is 8.61. The fraction of sp³-hybridized carbons (Fsp3) is 0.391. The molecule has 3 aromatic rings. The molecule has 1 aliphatic carbocycles. The van der Waals surface area contributed by atoms with Gasteiger partial charge >= 0.3 is 6.03 Å². The highest BCUT2D eigenvalue weighted by molar-refractivity contribution is 6.00. The number of rotatable bonds is 4. The largest absolute Gasteiger partial charge is 0.331 e. The Morgan fingerprint density at radius 1 is 1.28 bits per heavy atom. The van der Waals surface area contributed by atoms with Crippen LogP contribution in [0.5, 0.6) is 0 Å². The zero-order valence-corrected chi connectivity index (χ0v) is 17.1. The van der Waals surface area contributed by atoms with Crippen molar-refractivity contribution in [3.8, 4) is 0 Å². The van der Waals surface area contributed by atoms with Crippen LogP contribution >= 0.6 is 0 Å². The van der Waals surface area contributed by atoms with Crippen molar-refractivity contribution in [2.75, 3.05) is 5.32 Å². The van der Waals surface area contributed by atoms with Crippen molar-refractivity contribution in [3.05, 3.63) is 59.0 Å². The quantitative estimate of drug-likeness (QED) is 0.548. The smallest absolute Gasteiger partial charge is 0.319 e. The minimum Gasteiger partial charge on any atom is -0.331 e. The Kier molecular flexibility index (Phi) is 5.03. The second-order valence-corrected chi connectivity index (χ2v) is 8.98. The molecule has 2 amide bonds. The second kappa shape index (κ2) is 7.50. The van der Waals surface area contributed by atoms with Crippen LogP contribution in [-0.2, 0) is 12.8 Å². The van der Waals surface area contributed by atoms with Crippen LogP contribution in [0.2, 0.25) is 0 Å². The molecule has 152 valence electrons. The zero-order valence-electron chi connectivity index (χ0n) is 17.1. The first-order valence-corrected chi connectivity index (χ1v) is 10.1. The van der Waals surface area contributed by atoms with Crippen molar-refractivity contribution in [1.29, 1.82) is 0 Å². The van der Waals surface area contributed by atoms with Crippen LogP contribution in [0.1, 0.15) is 56.3 Å². The third kappa shape index (κ3) is 4.11. The number of aromatic amines is 1. The SMILES string of the molecule is CC(C)(C)CCc1c(F)ccc2c1CCC2NC(=O)Nc1cccc2[nH]ncc12. The van der Waals surface area contributed by atoms with E-state index >= 15 is 0 Å². The van der Waals surface area contributed by atoms with Crippen molar-refractivity contribution in [2.45, 2.75) is 52.5 Å². The summed E-state index contributed by atoms with van der Waals surface area (Å²) in [5, 5.41) is 13.8. The number of halogens is 1. The number of urea groups is 1. The fourth-order valence-corrected chi connectivity index (χ4v) is 4.06. The van der Waals surface area contributed by atoms with Crippen molar-refractivity contribution in [2.24, 2.45) is 5.41 Å². The molecule has 29 heavy (non-hydrogen) atoms. The van der Waals surface area contributed by atoms with Gasteiger partial charge in [0.2, 0.25) is 0 Å². The lowest BCUT2D eigenvalue weighted by molar-refractivity contribution is 0.248. The standard InChI is InChI=1S/C23H27FN4O/c1-23(2,3)12-11-15-14-8-10-20(16(14)7-9-18(15)24)27-22(29)26-19-5-4-6-21-17(19)13-25-28-21/h4-7,9,13,20H,8,10-12H2,1-3H3,(H,25,28)(H2,26,27,29). The fourth-order valence-electron chi connectivity index (χ4n) is 4.06. The first kappa shape index (κ1) is 19.4. The van der Waals surface area contributed by atoms with Crippen LogP contribution in [0.15, 0.2) is 36.5 Å². The maximum Gasteiger partial charge on any atom is 0.319 e. The Labute approximate surface area is 170 Å². The Morgan fingerprint density at radius 3 is 2.90 bits per heavy atom. The predicted octanol–water partition coefficient (Wildman–Crippen LogP) is 5.49. The van der Waals surface area contributed by atoms with Gasteiger partial charge in [-0.3, -0.25) is 5.10 Å². The highest BCUT2D eigenvalue weighted by Crippen LogP contribution is 2.36. The summed E-state index contributed by atoms with van der Waals surface area (Å²) in [6.45, 7) is 6.51. The minimum absolute atomic E-state index is 0.109. The van der Waals surface area contributed by atoms with E-state index < -0.39 is 0 Å². The van der Waals surface area contributed by atoms with Gasteiger partial charge in [-0.2, -0.15) is 5.10 Å². The van der Waals surface area contributed by atoms with Crippen molar-refractivity contribution in [1.82, 2.24) is 15.5 Å². The molecule has 3 N–H and O–H groups in total. The first-order chi connectivity index (χ1) is 13.8. The monoisotopic (exact) mass is 394 g/mol. The molecule has 1 atom stereocenters. The van der Waals surface area contributed by atoms with E-state index in [1.54, 1.807) is 12.3 Å². The molecular weight excluding hydrogens is 367 g/mol. The van der Waals surface area contributed by atoms with Crippen molar-refractivity contribution in [3.63, 3.8) is 0 Å². The van der Waals surface area contributed by atoms with Gasteiger partial charge < -0.3 is 10.6 Å². The van der Waals surface area contributed by atoms with Gasteiger partial charge in [0, 0.05) is 5.39 Å². The summed E-state index contributed by atoms with van der Waals surface area (Å²) >= 11 is 0. The van der Waals surface area contributed by atoms with Crippen LogP contribution in [0.4, 0.5) is 14.9 Å². The predicted molar refractivity (Wildman–Crippen MR) is 113 cm³/mol. The molecule has 0 aliphatic heterocycles. The lowest BCUT2D eigenvalue weighted by Gasteiger charge is -2.20. The number of carbonyl (C=O) groups excluding carboxylic acids is 1. The number of hydrogen-bond donors (Lipinski definition) is 3. The summed E-state index contributed by atoms with van der Waals surface area (Å²) in [7, 11) is 0. The third-order valence-electron chi connectivity index (χ3n) is 5.63. The van der Waals surface area contributed by atoms with Crippen LogP contribution in [0.25, 0.3) is 10.9 Å². The topological polar surface area (TPSA) is 69.8 Å². The number of amides is 2. The van der Waals surface area contributed by atoms with Crippen molar-refractivity contribution >= 4 is 22.6 Å². The summed E-state index contributed by atoms with van der Waals surface area (Å²) in [5.41, 5.74) is 4.64. The maximum atomic E-state index is 14.5. The molecule has 0 radical (unpaired) electrons. The van der Waals surface area contributed by atoms with Gasteiger partial charge in [0.05, 0.1) is 23.4 Å². The van der Waals surface area contributed by atoms with Gasteiger partial charge in [-0.05, 0) is 66.0 Å². The molecule has 0 bridgehead atoms. The molecule has 1 aliphatic rings. The number of H-pyrrole nitrogens is 1. The Bertz CT molecular complexity index is 1050. The highest BCUT2D eigenvalue weighted by Gasteiger charge is 2.28. The first-order valence-electron chi connectivity index (χ1n) is 10.1. The number of anilines is 1. The number of aromatic nitrogens is 2. The van der Waals surface area contributed by atoms with E-state index in [0.717, 1.165) is 53.3 Å². The molecule has 1 aromatic heterocycles. The summed E-state index contributed by atoms with van der Waals surface area (Å²) < 4.78 is 14.5. The van der Waals surface area contributed by atoms with E-state index in [9.17, 15) is 9.18 Å². The average Bonchev–Trinajstić information content (AvgIpc) is 3.28. The van der Waals surface area contributed by atoms with Gasteiger partial charge in [-0.15, -0.1) is 0 Å². The highest BCUT2D eigenvalue weighted by atomic mass is 19.1. The molecule has 6 heteroatoms. The van der Waals surface area contributed by atoms with E-state index in [4.69, 9.17) is 0 Å². The number of nitrogens with one attached hydrogen (secondary N) is 3. The molecule has 1 heterocycles. The van der Waals surface area contributed by atoms with Gasteiger partial charge in [0.15, 0.2) is 0 Å². The second-order valence-electron chi connectivity index (χ2n) is 8.98. The van der Waals surface area contributed by atoms with E-state index in [-0.39, 0.29) is 23.3 Å². The van der Waals surface area contributed by atoms with Crippen LogP contribution in [-0.4, -0.2) is 16.2 Å². The van der Waals surface area contributed by atoms with Crippen molar-refractivity contribution < 1.29 is 9.18 Å². The minimum atomic E-state index is -0.267. The Balaban J connectivity index is 1.49. The molecule has 0 saturated carbocycles. The van der Waals surface area contributed by atoms with E-state index in [1.807, 2.05) is 24.3 Å². The van der Waals surface area contributed by atoms with E-state index in [1.165, 1.54) is 0 Å². The molecule has 0 saturated heterocycles. The summed E-state index contributed by atoms with van der Waals surface area (Å²) in [5.74, 6) is -0.135. The summed E-state index contributed by atoms with van der Waals surface area (Å²) in [6.07, 6.45) is 4.91. The van der Waals surface area contributed by atoms with E-state index in [2.05, 4.69) is 41.6 Å². The molecule has 4 rings (SSSR count). The van der Waals surface area contributed by atoms with Gasteiger partial charge in [-0.1, -0.05) is 32.9 Å². The lowest BCUT2D eigenvalue weighted by atomic mass is 9.87. The number of carbonyl (C=O) groups is 1. The normalized spacial score (nSPS) is 16.1. The number of nitrogens with zero attached hydrogens (tertiary/aromatic N) is 1. The number of hydrogen-bond acceptors (Lipinski definition) is 2. The average molecular weight is 394 g/mol. The summed E-state index contributed by atoms with van der Waals surface area (Å²) in [4.78, 5) is 12.6. The number of fused-ring (bicyclic) bond motifs is 2. The molecule has 0 fully saturated rings.